The minimum Gasteiger partial charge on any atom is -0.386 e. The highest BCUT2D eigenvalue weighted by Gasteiger charge is 2.36. The van der Waals surface area contributed by atoms with Crippen molar-refractivity contribution in [1.82, 2.24) is 0 Å². The van der Waals surface area contributed by atoms with Gasteiger partial charge in [0.05, 0.1) is 0 Å². The van der Waals surface area contributed by atoms with Crippen LogP contribution in [0.2, 0.25) is 0 Å². The third kappa shape index (κ3) is 47.9. The predicted octanol–water partition coefficient (Wildman–Crippen LogP) is 32.1. The molecule has 0 spiro atoms. The van der Waals surface area contributed by atoms with Crippen molar-refractivity contribution in [2.75, 3.05) is 0 Å². The number of hydrogen-bond acceptors (Lipinski definition) is 4. The Morgan fingerprint density at radius 3 is 0.516 bits per heavy atom. The number of hydrogen-bond donors (Lipinski definition) is 0. The molecule has 95 heavy (non-hydrogen) atoms. The van der Waals surface area contributed by atoms with E-state index in [2.05, 4.69) is 96.1 Å². The highest BCUT2D eigenvalue weighted by atomic mass is 31.2. The zero-order chi connectivity index (χ0) is 67.9. The van der Waals surface area contributed by atoms with Gasteiger partial charge in [0.1, 0.15) is 17.2 Å². The lowest BCUT2D eigenvalue weighted by Crippen LogP contribution is -2.11. The van der Waals surface area contributed by atoms with E-state index in [1.165, 1.54) is 383 Å². The molecule has 4 nitrogen and oxygen atoms in total. The number of benzene rings is 3. The second kappa shape index (κ2) is 63.5. The van der Waals surface area contributed by atoms with Gasteiger partial charge in [-0.15, -0.1) is 0 Å². The van der Waals surface area contributed by atoms with E-state index < -0.39 is 7.82 Å². The van der Waals surface area contributed by atoms with E-state index in [9.17, 15) is 0 Å². The van der Waals surface area contributed by atoms with Gasteiger partial charge < -0.3 is 13.6 Å². The topological polar surface area (TPSA) is 44.8 Å². The Hall–Kier alpha value is -2.71. The van der Waals surface area contributed by atoms with Crippen LogP contribution in [-0.2, 0) is 43.1 Å². The first-order chi connectivity index (χ1) is 46.9. The molecule has 0 heterocycles. The van der Waals surface area contributed by atoms with Crippen molar-refractivity contribution in [2.24, 2.45) is 0 Å². The van der Waals surface area contributed by atoms with Gasteiger partial charge in [-0.2, -0.15) is 4.57 Å². The predicted molar refractivity (Wildman–Crippen MR) is 422 cm³/mol. The molecule has 0 radical (unpaired) electrons. The van der Waals surface area contributed by atoms with Gasteiger partial charge in [0, 0.05) is 0 Å². The van der Waals surface area contributed by atoms with Crippen molar-refractivity contribution in [2.45, 2.75) is 465 Å². The SMILES string of the molecule is CCCCCCCCCCCCc1ccc(OP(=O)(Oc2ccc(CCCCCCCCCCCC)cc2CCCCCCCCCCCC)Oc2ccc(CCCCCCCCCCCC)cc2CCCCCCCCCCCC)c(CCCCCCCCCCCC)c1. The second-order valence-corrected chi connectivity index (χ2v) is 31.6. The smallest absolute Gasteiger partial charge is 0.386 e. The maximum atomic E-state index is 16.5. The van der Waals surface area contributed by atoms with Gasteiger partial charge in [-0.3, -0.25) is 0 Å². The van der Waals surface area contributed by atoms with E-state index >= 15 is 4.57 Å². The minimum absolute atomic E-state index is 0.665. The Labute approximate surface area is 593 Å². The Morgan fingerprint density at radius 2 is 0.347 bits per heavy atom. The quantitative estimate of drug-likeness (QED) is 0.0417. The van der Waals surface area contributed by atoms with Crippen LogP contribution in [0, 0.1) is 0 Å². The van der Waals surface area contributed by atoms with E-state index in [0.717, 1.165) is 74.5 Å². The summed E-state index contributed by atoms with van der Waals surface area (Å²) in [5, 5.41) is 0. The molecular weight excluding hydrogens is 1180 g/mol. The molecule has 0 amide bonds. The van der Waals surface area contributed by atoms with E-state index in [4.69, 9.17) is 13.6 Å². The summed E-state index contributed by atoms with van der Waals surface area (Å²) in [6, 6.07) is 20.4. The molecular formula is C90H159O4P. The fraction of sp³-hybridized carbons (Fsp3) is 0.800. The van der Waals surface area contributed by atoms with Gasteiger partial charge in [0.25, 0.3) is 0 Å². The first kappa shape index (κ1) is 86.5. The van der Waals surface area contributed by atoms with Crippen LogP contribution in [0.4, 0.5) is 0 Å². The molecule has 0 bridgehead atoms. The second-order valence-electron chi connectivity index (χ2n) is 30.1. The van der Waals surface area contributed by atoms with Gasteiger partial charge in [-0.1, -0.05) is 425 Å². The maximum absolute atomic E-state index is 16.5. The molecule has 3 rings (SSSR count). The van der Waals surface area contributed by atoms with Crippen molar-refractivity contribution in [3.05, 3.63) is 88.0 Å². The Balaban J connectivity index is 2.04. The fourth-order valence-electron chi connectivity index (χ4n) is 14.5. The average Bonchev–Trinajstić information content (AvgIpc) is 0.807. The van der Waals surface area contributed by atoms with E-state index in [1.54, 1.807) is 0 Å². The number of phosphoric ester groups is 1. The van der Waals surface area contributed by atoms with Crippen LogP contribution in [0.25, 0.3) is 0 Å². The monoisotopic (exact) mass is 1340 g/mol. The van der Waals surface area contributed by atoms with Crippen LogP contribution in [0.3, 0.4) is 0 Å². The fourth-order valence-corrected chi connectivity index (χ4v) is 15.9. The van der Waals surface area contributed by atoms with Gasteiger partial charge in [0.2, 0.25) is 0 Å². The number of unbranched alkanes of at least 4 members (excludes halogenated alkanes) is 54. The molecule has 0 fully saturated rings. The Kier molecular flexibility index (Phi) is 57.8. The van der Waals surface area contributed by atoms with Crippen molar-refractivity contribution in [3.8, 4) is 17.2 Å². The minimum atomic E-state index is -4.35. The summed E-state index contributed by atoms with van der Waals surface area (Å²) in [7, 11) is -4.35. The largest absolute Gasteiger partial charge is 0.647 e. The first-order valence-corrected chi connectivity index (χ1v) is 44.4. The van der Waals surface area contributed by atoms with Crippen molar-refractivity contribution < 1.29 is 18.1 Å². The summed E-state index contributed by atoms with van der Waals surface area (Å²) in [6.45, 7) is 13.9. The highest BCUT2D eigenvalue weighted by molar-refractivity contribution is 7.49. The molecule has 3 aromatic rings. The van der Waals surface area contributed by atoms with E-state index in [0.29, 0.717) is 17.2 Å². The zero-order valence-electron chi connectivity index (χ0n) is 64.4. The van der Waals surface area contributed by atoms with Crippen LogP contribution in [-0.4, -0.2) is 0 Å². The lowest BCUT2D eigenvalue weighted by Gasteiger charge is -2.24. The van der Waals surface area contributed by atoms with Gasteiger partial charge in [-0.25, -0.2) is 0 Å². The molecule has 0 saturated heterocycles. The highest BCUT2D eigenvalue weighted by Crippen LogP contribution is 2.52. The molecule has 0 aliphatic carbocycles. The Morgan fingerprint density at radius 1 is 0.200 bits per heavy atom. The Bertz CT molecular complexity index is 1960. The molecule has 0 unspecified atom stereocenters. The molecule has 0 aliphatic rings. The number of phosphoric acid groups is 1. The van der Waals surface area contributed by atoms with Gasteiger partial charge in [0.15, 0.2) is 0 Å². The van der Waals surface area contributed by atoms with Crippen LogP contribution in [0.5, 0.6) is 17.2 Å². The normalized spacial score (nSPS) is 11.8. The molecule has 3 aromatic carbocycles. The molecule has 0 aromatic heterocycles. The summed E-state index contributed by atoms with van der Waals surface area (Å²) in [6.07, 6.45) is 85.0. The van der Waals surface area contributed by atoms with Crippen LogP contribution < -0.4 is 13.6 Å². The summed E-state index contributed by atoms with van der Waals surface area (Å²) < 4.78 is 37.8. The molecule has 0 aliphatic heterocycles. The van der Waals surface area contributed by atoms with Gasteiger partial charge in [-0.05, 0) is 129 Å². The van der Waals surface area contributed by atoms with E-state index in [1.807, 2.05) is 0 Å². The lowest BCUT2D eigenvalue weighted by atomic mass is 9.99. The molecule has 0 atom stereocenters. The van der Waals surface area contributed by atoms with E-state index in [-0.39, 0.29) is 0 Å². The lowest BCUT2D eigenvalue weighted by molar-refractivity contribution is 0.295. The molecule has 0 N–H and O–H groups in total. The average molecular weight is 1340 g/mol. The summed E-state index contributed by atoms with van der Waals surface area (Å²) in [4.78, 5) is 0. The maximum Gasteiger partial charge on any atom is 0.647 e. The van der Waals surface area contributed by atoms with Crippen LogP contribution >= 0.6 is 7.82 Å². The third-order valence-electron chi connectivity index (χ3n) is 20.9. The van der Waals surface area contributed by atoms with Crippen LogP contribution in [0.15, 0.2) is 54.6 Å². The van der Waals surface area contributed by atoms with Crippen molar-refractivity contribution in [3.63, 3.8) is 0 Å². The van der Waals surface area contributed by atoms with Gasteiger partial charge >= 0.3 is 7.82 Å². The summed E-state index contributed by atoms with van der Waals surface area (Å²) >= 11 is 0. The van der Waals surface area contributed by atoms with Crippen molar-refractivity contribution in [1.29, 1.82) is 0 Å². The molecule has 548 valence electrons. The molecule has 0 saturated carbocycles. The van der Waals surface area contributed by atoms with Crippen molar-refractivity contribution >= 4 is 7.82 Å². The third-order valence-corrected chi connectivity index (χ3v) is 22.1. The standard InChI is InChI=1S/C90H159O4P/c1-7-13-19-25-31-37-43-49-55-61-67-82-73-76-88(85(79-82)70-64-58-52-46-40-34-28-22-16-10-4)92-95(91,93-89-77-74-83(68-62-56-50-44-38-32-26-20-14-8-2)80-86(89)71-65-59-53-47-41-35-29-23-17-11-5)94-90-78-75-84(69-63-57-51-45-39-33-27-21-15-9-3)81-87(90)72-66-60-54-48-42-36-30-24-18-12-6/h73-81H,7-72H2,1-6H3. The first-order valence-electron chi connectivity index (χ1n) is 42.9. The number of rotatable bonds is 72. The zero-order valence-corrected chi connectivity index (χ0v) is 65.3. The molecule has 5 heteroatoms. The number of aryl methyl sites for hydroxylation is 6. The summed E-state index contributed by atoms with van der Waals surface area (Å²) in [5.74, 6) is 2.00. The van der Waals surface area contributed by atoms with Crippen LogP contribution in [0.1, 0.15) is 460 Å². The summed E-state index contributed by atoms with van der Waals surface area (Å²) in [5.41, 5.74) is 7.54.